The first-order chi connectivity index (χ1) is 27.9. The molecule has 3 aromatic rings. The minimum absolute atomic E-state index is 0.00127. The standard InChI is InChI=1S/C39H51N11O9/c1-7-43-28(19-24(2)40)36(53)46-37-45-27-20-25(34(41)51)23-31(57-6)33(27)48(37)16-9-8-13-44-32-29(50(55)56)21-26(35(42)52)22-30(32)58-18-11-10-14-47-15-12-17-49(47)38(54)59-39(3,4)5/h8-11,19-23,44H,7,12-18,40H2,1-6H3,(H2,41,51)(H2,42,52)(H,45,46,53)/b9-8+,11-10+,24-19-,43-28?. The summed E-state index contributed by atoms with van der Waals surface area (Å²) in [5, 5.41) is 21.3. The van der Waals surface area contributed by atoms with Crippen molar-refractivity contribution in [3.8, 4) is 11.5 Å². The molecule has 2 aromatic carbocycles. The molecule has 0 atom stereocenters. The molecule has 8 N–H and O–H groups in total. The Bertz CT molecular complexity index is 2200. The fourth-order valence-corrected chi connectivity index (χ4v) is 5.92. The number of hydrazine groups is 1. The van der Waals surface area contributed by atoms with E-state index in [-0.39, 0.29) is 59.7 Å². The summed E-state index contributed by atoms with van der Waals surface area (Å²) in [5.74, 6) is -1.80. The Balaban J connectivity index is 1.56. The number of nitrogens with zero attached hydrogens (tertiary/aromatic N) is 6. The summed E-state index contributed by atoms with van der Waals surface area (Å²) < 4.78 is 18.6. The number of hydrogen-bond acceptors (Lipinski definition) is 14. The first-order valence-corrected chi connectivity index (χ1v) is 18.7. The number of rotatable bonds is 18. The summed E-state index contributed by atoms with van der Waals surface area (Å²) in [4.78, 5) is 70.5. The smallest absolute Gasteiger partial charge is 0.424 e. The van der Waals surface area contributed by atoms with Crippen LogP contribution in [-0.4, -0.2) is 106 Å². The number of carbonyl (C=O) groups is 4. The fourth-order valence-electron chi connectivity index (χ4n) is 5.92. The molecule has 1 aliphatic rings. The third-order valence-corrected chi connectivity index (χ3v) is 8.43. The van der Waals surface area contributed by atoms with Gasteiger partial charge in [0.15, 0.2) is 11.4 Å². The number of nitro groups is 1. The number of ether oxygens (including phenoxy) is 3. The highest BCUT2D eigenvalue weighted by Gasteiger charge is 2.30. The van der Waals surface area contributed by atoms with Crippen LogP contribution in [0.4, 0.5) is 22.1 Å². The van der Waals surface area contributed by atoms with E-state index in [1.165, 1.54) is 31.4 Å². The highest BCUT2D eigenvalue weighted by atomic mass is 16.6. The summed E-state index contributed by atoms with van der Waals surface area (Å²) >= 11 is 0. The van der Waals surface area contributed by atoms with Gasteiger partial charge in [0.05, 0.1) is 17.5 Å². The number of aliphatic imine (C=N–C) groups is 1. The Morgan fingerprint density at radius 2 is 1.66 bits per heavy atom. The van der Waals surface area contributed by atoms with Crippen molar-refractivity contribution in [1.82, 2.24) is 19.6 Å². The Labute approximate surface area is 340 Å². The molecule has 0 unspecified atom stereocenters. The number of nitrogens with two attached hydrogens (primary N) is 3. The molecule has 1 fully saturated rings. The zero-order valence-electron chi connectivity index (χ0n) is 33.9. The lowest BCUT2D eigenvalue weighted by Crippen LogP contribution is -2.44. The van der Waals surface area contributed by atoms with E-state index >= 15 is 0 Å². The van der Waals surface area contributed by atoms with E-state index in [9.17, 15) is 29.3 Å². The number of nitrogens with one attached hydrogen (secondary N) is 2. The molecule has 1 aromatic heterocycles. The third kappa shape index (κ3) is 12.0. The fraction of sp³-hybridized carbons (Fsp3) is 0.385. The van der Waals surface area contributed by atoms with Crippen molar-refractivity contribution < 1.29 is 38.3 Å². The number of imidazole rings is 1. The highest BCUT2D eigenvalue weighted by Crippen LogP contribution is 2.36. The van der Waals surface area contributed by atoms with Crippen LogP contribution in [0.1, 0.15) is 61.8 Å². The Hall–Kier alpha value is -6.96. The quantitative estimate of drug-likeness (QED) is 0.0528. The number of aromatic nitrogens is 2. The van der Waals surface area contributed by atoms with Crippen LogP contribution in [-0.2, 0) is 16.1 Å². The van der Waals surface area contributed by atoms with Crippen LogP contribution in [0, 0.1) is 10.1 Å². The third-order valence-electron chi connectivity index (χ3n) is 8.43. The van der Waals surface area contributed by atoms with E-state index in [2.05, 4.69) is 20.6 Å². The van der Waals surface area contributed by atoms with Gasteiger partial charge in [0, 0.05) is 62.2 Å². The highest BCUT2D eigenvalue weighted by molar-refractivity contribution is 6.47. The number of primary amides is 2. The van der Waals surface area contributed by atoms with Crippen molar-refractivity contribution >= 4 is 57.9 Å². The first-order valence-electron chi connectivity index (χ1n) is 18.7. The van der Waals surface area contributed by atoms with E-state index in [1.54, 1.807) is 68.5 Å². The Morgan fingerprint density at radius 3 is 2.29 bits per heavy atom. The number of nitro benzene ring substituents is 1. The second kappa shape index (κ2) is 19.9. The molecular weight excluding hydrogens is 766 g/mol. The normalized spacial score (nSPS) is 14.0. The molecule has 4 amide bonds. The number of amides is 4. The zero-order valence-corrected chi connectivity index (χ0v) is 33.9. The molecule has 0 radical (unpaired) electrons. The molecule has 316 valence electrons. The molecule has 4 rings (SSSR count). The van der Waals surface area contributed by atoms with Crippen molar-refractivity contribution in [3.05, 3.63) is 81.6 Å². The molecule has 20 heteroatoms. The van der Waals surface area contributed by atoms with E-state index in [0.29, 0.717) is 42.9 Å². The molecule has 20 nitrogen and oxygen atoms in total. The molecule has 0 aliphatic carbocycles. The lowest BCUT2D eigenvalue weighted by Gasteiger charge is -2.29. The average molecular weight is 818 g/mol. The van der Waals surface area contributed by atoms with Gasteiger partial charge in [-0.15, -0.1) is 0 Å². The molecule has 1 aliphatic heterocycles. The lowest BCUT2D eigenvalue weighted by atomic mass is 10.1. The lowest BCUT2D eigenvalue weighted by molar-refractivity contribution is -0.384. The van der Waals surface area contributed by atoms with Crippen molar-refractivity contribution in [1.29, 1.82) is 0 Å². The number of carbonyl (C=O) groups excluding carboxylic acids is 4. The monoisotopic (exact) mass is 817 g/mol. The van der Waals surface area contributed by atoms with Gasteiger partial charge >= 0.3 is 6.09 Å². The van der Waals surface area contributed by atoms with Crippen LogP contribution in [0.2, 0.25) is 0 Å². The molecule has 2 heterocycles. The van der Waals surface area contributed by atoms with Gasteiger partial charge in [-0.05, 0) is 65.3 Å². The maximum Gasteiger partial charge on any atom is 0.424 e. The van der Waals surface area contributed by atoms with Gasteiger partial charge in [0.2, 0.25) is 17.8 Å². The number of hydrogen-bond donors (Lipinski definition) is 5. The minimum atomic E-state index is -0.882. The van der Waals surface area contributed by atoms with Crippen LogP contribution in [0.25, 0.3) is 11.0 Å². The number of fused-ring (bicyclic) bond motifs is 1. The Kier molecular flexibility index (Phi) is 15.1. The van der Waals surface area contributed by atoms with Gasteiger partial charge in [0.1, 0.15) is 29.2 Å². The largest absolute Gasteiger partial charge is 0.494 e. The molecule has 59 heavy (non-hydrogen) atoms. The predicted molar refractivity (Wildman–Crippen MR) is 222 cm³/mol. The SMILES string of the molecule is CCN=C(/C=C(/C)N)C(=O)Nc1nc2cc(C(N)=O)cc(OC)c2n1C/C=C/CNc1c(OC/C=C/CN2CCCN2C(=O)OC(C)(C)C)cc(C(N)=O)cc1[N+](=O)[O-]. The van der Waals surface area contributed by atoms with Gasteiger partial charge in [0.25, 0.3) is 11.6 Å². The molecular formula is C39H51N11O9. The summed E-state index contributed by atoms with van der Waals surface area (Å²) in [6.45, 7) is 10.8. The summed E-state index contributed by atoms with van der Waals surface area (Å²) in [6.07, 6.45) is 8.64. The topological polar surface area (TPSA) is 278 Å². The van der Waals surface area contributed by atoms with Gasteiger partial charge in [-0.1, -0.05) is 24.3 Å². The predicted octanol–water partition coefficient (Wildman–Crippen LogP) is 3.87. The summed E-state index contributed by atoms with van der Waals surface area (Å²) in [7, 11) is 1.41. The van der Waals surface area contributed by atoms with Crippen LogP contribution in [0.5, 0.6) is 11.5 Å². The van der Waals surface area contributed by atoms with Crippen molar-refractivity contribution in [3.63, 3.8) is 0 Å². The van der Waals surface area contributed by atoms with Crippen LogP contribution >= 0.6 is 0 Å². The summed E-state index contributed by atoms with van der Waals surface area (Å²) in [6, 6.07) is 5.31. The van der Waals surface area contributed by atoms with Crippen molar-refractivity contribution in [2.24, 2.45) is 22.2 Å². The van der Waals surface area contributed by atoms with Crippen LogP contribution in [0.3, 0.4) is 0 Å². The van der Waals surface area contributed by atoms with E-state index in [4.69, 9.17) is 31.4 Å². The van der Waals surface area contributed by atoms with E-state index < -0.39 is 40.0 Å². The number of methoxy groups -OCH3 is 1. The minimum Gasteiger partial charge on any atom is -0.494 e. The van der Waals surface area contributed by atoms with Crippen molar-refractivity contribution in [2.45, 2.75) is 53.2 Å². The van der Waals surface area contributed by atoms with Gasteiger partial charge in [-0.2, -0.15) is 0 Å². The number of benzene rings is 2. The number of allylic oxidation sites excluding steroid dienone is 2. The van der Waals surface area contributed by atoms with E-state index in [1.807, 2.05) is 5.01 Å². The van der Waals surface area contributed by atoms with Gasteiger partial charge < -0.3 is 41.3 Å². The van der Waals surface area contributed by atoms with Gasteiger partial charge in [-0.25, -0.2) is 19.8 Å². The van der Waals surface area contributed by atoms with Crippen molar-refractivity contribution in [2.75, 3.05) is 57.1 Å². The number of anilines is 2. The van der Waals surface area contributed by atoms with Gasteiger partial charge in [-0.3, -0.25) is 34.8 Å². The zero-order chi connectivity index (χ0) is 43.4. The van der Waals surface area contributed by atoms with E-state index in [0.717, 1.165) is 12.5 Å². The maximum absolute atomic E-state index is 13.3. The summed E-state index contributed by atoms with van der Waals surface area (Å²) in [5.41, 5.74) is 17.0. The Morgan fingerprint density at radius 1 is 0.983 bits per heavy atom. The molecule has 0 saturated carbocycles. The van der Waals surface area contributed by atoms with Crippen LogP contribution < -0.4 is 37.3 Å². The first kappa shape index (κ1) is 44.8. The average Bonchev–Trinajstić information content (AvgIpc) is 3.77. The molecule has 1 saturated heterocycles. The van der Waals surface area contributed by atoms with Crippen LogP contribution in [0.15, 0.2) is 65.3 Å². The maximum atomic E-state index is 13.3. The second-order valence-electron chi connectivity index (χ2n) is 14.2. The molecule has 0 bridgehead atoms. The second-order valence-corrected chi connectivity index (χ2v) is 14.2. The molecule has 0 spiro atoms.